The molecule has 40 heavy (non-hydrogen) atoms. The van der Waals surface area contributed by atoms with Crippen molar-refractivity contribution in [2.45, 2.75) is 51.2 Å². The molecule has 0 aliphatic carbocycles. The molecule has 0 saturated carbocycles. The Morgan fingerprint density at radius 2 is 1.88 bits per heavy atom. The van der Waals surface area contributed by atoms with Gasteiger partial charge >= 0.3 is 12.2 Å². The molecule has 1 N–H and O–H groups in total. The molecular formula is C28H31ClFN5O5. The van der Waals surface area contributed by atoms with E-state index in [4.69, 9.17) is 25.8 Å². The number of rotatable bonds is 4. The number of carbonyl (C=O) groups is 2. The van der Waals surface area contributed by atoms with Crippen LogP contribution in [0.4, 0.5) is 31.2 Å². The lowest BCUT2D eigenvalue weighted by Gasteiger charge is -2.45. The summed E-state index contributed by atoms with van der Waals surface area (Å²) in [4.78, 5) is 37.6. The minimum atomic E-state index is -0.657. The quantitative estimate of drug-likeness (QED) is 0.389. The van der Waals surface area contributed by atoms with Crippen molar-refractivity contribution < 1.29 is 28.2 Å². The van der Waals surface area contributed by atoms with Crippen LogP contribution in [0.25, 0.3) is 10.9 Å². The van der Waals surface area contributed by atoms with Crippen molar-refractivity contribution in [1.82, 2.24) is 14.9 Å². The average molecular weight is 572 g/mol. The van der Waals surface area contributed by atoms with Crippen LogP contribution in [0, 0.1) is 5.82 Å². The largest absolute Gasteiger partial charge is 0.494 e. The van der Waals surface area contributed by atoms with Gasteiger partial charge in [0.1, 0.15) is 29.1 Å². The van der Waals surface area contributed by atoms with Gasteiger partial charge in [0.25, 0.3) is 0 Å². The van der Waals surface area contributed by atoms with Crippen molar-refractivity contribution in [1.29, 1.82) is 0 Å². The van der Waals surface area contributed by atoms with E-state index in [1.807, 2.05) is 20.8 Å². The molecule has 0 unspecified atom stereocenters. The van der Waals surface area contributed by atoms with E-state index in [1.54, 1.807) is 29.2 Å². The Morgan fingerprint density at radius 1 is 1.15 bits per heavy atom. The van der Waals surface area contributed by atoms with Gasteiger partial charge in [0.15, 0.2) is 5.82 Å². The van der Waals surface area contributed by atoms with E-state index >= 15 is 0 Å². The molecule has 0 radical (unpaired) electrons. The molecule has 212 valence electrons. The SMILES string of the molecule is COc1cc2ncnc(Nc3cccc(Cl)c3F)c2cc1N1CCC2(CCN(C(=O)OC(C)(C)C)CC2)OC1=O. The Balaban J connectivity index is 1.37. The Morgan fingerprint density at radius 3 is 2.55 bits per heavy atom. The predicted octanol–water partition coefficient (Wildman–Crippen LogP) is 6.29. The van der Waals surface area contributed by atoms with Crippen LogP contribution in [0.2, 0.25) is 5.02 Å². The number of nitrogens with zero attached hydrogens (tertiary/aromatic N) is 4. The van der Waals surface area contributed by atoms with Gasteiger partial charge in [-0.1, -0.05) is 17.7 Å². The summed E-state index contributed by atoms with van der Waals surface area (Å²) in [6.45, 7) is 6.75. The molecular weight excluding hydrogens is 541 g/mol. The number of hydrogen-bond donors (Lipinski definition) is 1. The van der Waals surface area contributed by atoms with Gasteiger partial charge in [-0.3, -0.25) is 4.90 Å². The smallest absolute Gasteiger partial charge is 0.414 e. The lowest BCUT2D eigenvalue weighted by molar-refractivity contribution is -0.0522. The van der Waals surface area contributed by atoms with Gasteiger partial charge < -0.3 is 24.4 Å². The number of nitrogens with one attached hydrogen (secondary N) is 1. The number of amides is 2. The van der Waals surface area contributed by atoms with Gasteiger partial charge in [0.05, 0.1) is 29.0 Å². The van der Waals surface area contributed by atoms with Gasteiger partial charge in [0.2, 0.25) is 0 Å². The van der Waals surface area contributed by atoms with Crippen LogP contribution in [0.5, 0.6) is 5.75 Å². The highest BCUT2D eigenvalue weighted by molar-refractivity contribution is 6.31. The van der Waals surface area contributed by atoms with Crippen LogP contribution >= 0.6 is 11.6 Å². The second kappa shape index (κ2) is 10.6. The van der Waals surface area contributed by atoms with Gasteiger partial charge in [-0.05, 0) is 39.0 Å². The van der Waals surface area contributed by atoms with E-state index in [-0.39, 0.29) is 16.8 Å². The number of piperidine rings is 1. The van der Waals surface area contributed by atoms with Crippen molar-refractivity contribution in [2.24, 2.45) is 0 Å². The molecule has 5 rings (SSSR count). The first kappa shape index (κ1) is 27.7. The van der Waals surface area contributed by atoms with Gasteiger partial charge in [-0.25, -0.2) is 23.9 Å². The standard InChI is InChI=1S/C28H31ClFN5O5/c1-27(2,3)39-25(36)34-11-8-28(9-12-34)10-13-35(26(37)40-28)21-14-17-20(15-22(21)38-4)31-16-32-24(17)33-19-7-5-6-18(29)23(19)30/h5-7,14-16H,8-13H2,1-4H3,(H,31,32,33). The molecule has 2 aliphatic rings. The van der Waals surface area contributed by atoms with E-state index < -0.39 is 23.1 Å². The van der Waals surface area contributed by atoms with Gasteiger partial charge in [0, 0.05) is 50.3 Å². The predicted molar refractivity (Wildman–Crippen MR) is 149 cm³/mol. The summed E-state index contributed by atoms with van der Waals surface area (Å²) < 4.78 is 31.7. The molecule has 0 bridgehead atoms. The highest BCUT2D eigenvalue weighted by Crippen LogP contribution is 2.41. The third-order valence-corrected chi connectivity index (χ3v) is 7.36. The molecule has 1 aromatic heterocycles. The average Bonchev–Trinajstić information content (AvgIpc) is 2.90. The van der Waals surface area contributed by atoms with E-state index in [2.05, 4.69) is 15.3 Å². The molecule has 2 aromatic carbocycles. The van der Waals surface area contributed by atoms with Crippen LogP contribution in [0.3, 0.4) is 0 Å². The minimum absolute atomic E-state index is 0.0207. The number of methoxy groups -OCH3 is 1. The number of fused-ring (bicyclic) bond motifs is 1. The molecule has 3 aromatic rings. The summed E-state index contributed by atoms with van der Waals surface area (Å²) in [5, 5.41) is 3.51. The van der Waals surface area contributed by atoms with Crippen LogP contribution < -0.4 is 15.0 Å². The molecule has 2 amide bonds. The van der Waals surface area contributed by atoms with E-state index in [9.17, 15) is 14.0 Å². The highest BCUT2D eigenvalue weighted by Gasteiger charge is 2.45. The Kier molecular flexibility index (Phi) is 7.34. The molecule has 0 atom stereocenters. The maximum Gasteiger partial charge on any atom is 0.414 e. The number of likely N-dealkylation sites (tertiary alicyclic amines) is 1. The molecule has 1 spiro atoms. The monoisotopic (exact) mass is 571 g/mol. The van der Waals surface area contributed by atoms with Crippen molar-refractivity contribution >= 4 is 51.9 Å². The van der Waals surface area contributed by atoms with E-state index in [1.165, 1.54) is 24.4 Å². The Hall–Kier alpha value is -3.86. The van der Waals surface area contributed by atoms with Crippen LogP contribution in [0.15, 0.2) is 36.7 Å². The normalized spacial score (nSPS) is 17.1. The van der Waals surface area contributed by atoms with Crippen molar-refractivity contribution in [2.75, 3.05) is 37.0 Å². The lowest BCUT2D eigenvalue weighted by Crippen LogP contribution is -2.55. The zero-order valence-corrected chi connectivity index (χ0v) is 23.5. The maximum atomic E-state index is 14.6. The first-order chi connectivity index (χ1) is 19.0. The number of halogens is 2. The summed E-state index contributed by atoms with van der Waals surface area (Å²) >= 11 is 5.94. The number of aromatic nitrogens is 2. The molecule has 3 heterocycles. The number of anilines is 3. The zero-order valence-electron chi connectivity index (χ0n) is 22.8. The fourth-order valence-corrected chi connectivity index (χ4v) is 5.14. The first-order valence-electron chi connectivity index (χ1n) is 13.0. The molecule has 2 aliphatic heterocycles. The number of benzene rings is 2. The summed E-state index contributed by atoms with van der Waals surface area (Å²) in [6, 6.07) is 8.06. The highest BCUT2D eigenvalue weighted by atomic mass is 35.5. The topological polar surface area (TPSA) is 106 Å². The van der Waals surface area contributed by atoms with E-state index in [0.717, 1.165) is 0 Å². The maximum absolute atomic E-state index is 14.6. The second-order valence-electron chi connectivity index (χ2n) is 10.9. The Labute approximate surface area is 236 Å². The summed E-state index contributed by atoms with van der Waals surface area (Å²) in [7, 11) is 1.51. The summed E-state index contributed by atoms with van der Waals surface area (Å²) in [5.74, 6) is 0.164. The third kappa shape index (κ3) is 5.56. The van der Waals surface area contributed by atoms with Crippen molar-refractivity contribution in [3.05, 3.63) is 47.5 Å². The molecule has 2 saturated heterocycles. The second-order valence-corrected chi connectivity index (χ2v) is 11.3. The summed E-state index contributed by atoms with van der Waals surface area (Å²) in [6.07, 6.45) is 2.10. The lowest BCUT2D eigenvalue weighted by atomic mass is 9.87. The minimum Gasteiger partial charge on any atom is -0.494 e. The fourth-order valence-electron chi connectivity index (χ4n) is 4.97. The Bertz CT molecular complexity index is 1460. The number of ether oxygens (including phenoxy) is 3. The number of hydrogen-bond acceptors (Lipinski definition) is 8. The van der Waals surface area contributed by atoms with Gasteiger partial charge in [-0.15, -0.1) is 0 Å². The van der Waals surface area contributed by atoms with Crippen molar-refractivity contribution in [3.63, 3.8) is 0 Å². The van der Waals surface area contributed by atoms with Crippen LogP contribution in [-0.2, 0) is 9.47 Å². The number of carbonyl (C=O) groups excluding carboxylic acids is 2. The molecule has 12 heteroatoms. The summed E-state index contributed by atoms with van der Waals surface area (Å²) in [5.41, 5.74) is -0.0637. The molecule has 10 nitrogen and oxygen atoms in total. The fraction of sp³-hybridized carbons (Fsp3) is 0.429. The van der Waals surface area contributed by atoms with Crippen molar-refractivity contribution in [3.8, 4) is 5.75 Å². The molecule has 2 fully saturated rings. The van der Waals surface area contributed by atoms with Crippen LogP contribution in [0.1, 0.15) is 40.0 Å². The first-order valence-corrected chi connectivity index (χ1v) is 13.4. The zero-order chi connectivity index (χ0) is 28.7. The third-order valence-electron chi connectivity index (χ3n) is 7.07. The van der Waals surface area contributed by atoms with E-state index in [0.29, 0.717) is 67.1 Å². The van der Waals surface area contributed by atoms with Crippen LogP contribution in [-0.4, -0.2) is 65.0 Å². The van der Waals surface area contributed by atoms with Gasteiger partial charge in [-0.2, -0.15) is 0 Å².